The SMILES string of the molecule is CCOC(=O)c1c([N+](=O)[O-])ccc2c1OCO2. The molecule has 0 amide bonds. The van der Waals surface area contributed by atoms with Crippen molar-refractivity contribution in [3.63, 3.8) is 0 Å². The van der Waals surface area contributed by atoms with Crippen molar-refractivity contribution in [3.05, 3.63) is 27.8 Å². The van der Waals surface area contributed by atoms with Crippen molar-refractivity contribution in [2.75, 3.05) is 13.4 Å². The molecular weight excluding hydrogens is 230 g/mol. The van der Waals surface area contributed by atoms with Crippen LogP contribution in [0, 0.1) is 10.1 Å². The number of hydrogen-bond donors (Lipinski definition) is 0. The molecule has 0 unspecified atom stereocenters. The summed E-state index contributed by atoms with van der Waals surface area (Å²) in [5.41, 5.74) is -0.556. The largest absolute Gasteiger partial charge is 0.462 e. The van der Waals surface area contributed by atoms with Gasteiger partial charge in [0.15, 0.2) is 17.1 Å². The van der Waals surface area contributed by atoms with E-state index in [0.717, 1.165) is 0 Å². The van der Waals surface area contributed by atoms with Crippen molar-refractivity contribution in [2.45, 2.75) is 6.92 Å². The summed E-state index contributed by atoms with van der Waals surface area (Å²) in [6, 6.07) is 2.59. The van der Waals surface area contributed by atoms with Crippen molar-refractivity contribution >= 4 is 11.7 Å². The Labute approximate surface area is 96.0 Å². The van der Waals surface area contributed by atoms with Crippen molar-refractivity contribution in [2.24, 2.45) is 0 Å². The monoisotopic (exact) mass is 239 g/mol. The standard InChI is InChI=1S/C10H9NO6/c1-2-15-10(12)8-6(11(13)14)3-4-7-9(8)17-5-16-7/h3-4H,2,5H2,1H3. The molecule has 0 fully saturated rings. The molecule has 17 heavy (non-hydrogen) atoms. The molecule has 1 aliphatic heterocycles. The second kappa shape index (κ2) is 4.28. The average molecular weight is 239 g/mol. The minimum atomic E-state index is -0.790. The van der Waals surface area contributed by atoms with Gasteiger partial charge < -0.3 is 14.2 Å². The highest BCUT2D eigenvalue weighted by atomic mass is 16.7. The summed E-state index contributed by atoms with van der Waals surface area (Å²) in [6.45, 7) is 1.67. The first-order valence-corrected chi connectivity index (χ1v) is 4.89. The first-order chi connectivity index (χ1) is 8.15. The molecule has 0 aliphatic carbocycles. The van der Waals surface area contributed by atoms with Gasteiger partial charge in [-0.3, -0.25) is 10.1 Å². The summed E-state index contributed by atoms with van der Waals surface area (Å²) >= 11 is 0. The number of fused-ring (bicyclic) bond motifs is 1. The number of benzene rings is 1. The maximum atomic E-state index is 11.7. The lowest BCUT2D eigenvalue weighted by Crippen LogP contribution is -2.09. The van der Waals surface area contributed by atoms with E-state index >= 15 is 0 Å². The van der Waals surface area contributed by atoms with Gasteiger partial charge in [0.1, 0.15) is 0 Å². The lowest BCUT2D eigenvalue weighted by Gasteiger charge is -2.05. The maximum Gasteiger partial charge on any atom is 0.349 e. The summed E-state index contributed by atoms with van der Waals surface area (Å²) < 4.78 is 14.9. The maximum absolute atomic E-state index is 11.7. The predicted molar refractivity (Wildman–Crippen MR) is 55.2 cm³/mol. The zero-order valence-corrected chi connectivity index (χ0v) is 8.97. The van der Waals surface area contributed by atoms with Crippen LogP contribution in [0.5, 0.6) is 11.5 Å². The number of ether oxygens (including phenoxy) is 3. The number of hydrogen-bond acceptors (Lipinski definition) is 6. The Morgan fingerprint density at radius 3 is 2.94 bits per heavy atom. The summed E-state index contributed by atoms with van der Waals surface area (Å²) in [5, 5.41) is 10.8. The number of rotatable bonds is 3. The van der Waals surface area contributed by atoms with Gasteiger partial charge in [0.2, 0.25) is 6.79 Å². The second-order valence-corrected chi connectivity index (χ2v) is 3.17. The van der Waals surface area contributed by atoms with Gasteiger partial charge >= 0.3 is 5.97 Å². The third-order valence-corrected chi connectivity index (χ3v) is 2.19. The fraction of sp³-hybridized carbons (Fsp3) is 0.300. The van der Waals surface area contributed by atoms with E-state index in [1.165, 1.54) is 12.1 Å². The molecule has 0 spiro atoms. The highest BCUT2D eigenvalue weighted by molar-refractivity contribution is 5.98. The van der Waals surface area contributed by atoms with Crippen LogP contribution in [0.25, 0.3) is 0 Å². The molecule has 1 heterocycles. The summed E-state index contributed by atoms with van der Waals surface area (Å²) in [5.74, 6) is -0.419. The zero-order chi connectivity index (χ0) is 12.4. The molecule has 1 aromatic carbocycles. The van der Waals surface area contributed by atoms with Crippen LogP contribution < -0.4 is 9.47 Å². The molecule has 0 saturated carbocycles. The van der Waals surface area contributed by atoms with Gasteiger partial charge in [-0.1, -0.05) is 0 Å². The highest BCUT2D eigenvalue weighted by Gasteiger charge is 2.32. The molecule has 0 N–H and O–H groups in total. The summed E-state index contributed by atoms with van der Waals surface area (Å²) in [6.07, 6.45) is 0. The molecule has 7 heteroatoms. The van der Waals surface area contributed by atoms with E-state index in [2.05, 4.69) is 0 Å². The Kier molecular flexibility index (Phi) is 2.82. The third-order valence-electron chi connectivity index (χ3n) is 2.19. The molecule has 0 radical (unpaired) electrons. The van der Waals surface area contributed by atoms with Crippen molar-refractivity contribution in [1.82, 2.24) is 0 Å². The fourth-order valence-corrected chi connectivity index (χ4v) is 1.51. The Morgan fingerprint density at radius 2 is 2.29 bits per heavy atom. The van der Waals surface area contributed by atoms with E-state index in [0.29, 0.717) is 5.75 Å². The van der Waals surface area contributed by atoms with Crippen LogP contribution >= 0.6 is 0 Å². The molecule has 90 valence electrons. The van der Waals surface area contributed by atoms with Gasteiger partial charge in [0, 0.05) is 6.07 Å². The smallest absolute Gasteiger partial charge is 0.349 e. The van der Waals surface area contributed by atoms with Gasteiger partial charge in [-0.2, -0.15) is 0 Å². The molecule has 1 aliphatic rings. The second-order valence-electron chi connectivity index (χ2n) is 3.17. The minimum Gasteiger partial charge on any atom is -0.462 e. The van der Waals surface area contributed by atoms with E-state index in [9.17, 15) is 14.9 Å². The van der Waals surface area contributed by atoms with E-state index in [1.807, 2.05) is 0 Å². The molecular formula is C10H9NO6. The van der Waals surface area contributed by atoms with Crippen molar-refractivity contribution < 1.29 is 23.9 Å². The summed E-state index contributed by atoms with van der Waals surface area (Å²) in [4.78, 5) is 21.8. The minimum absolute atomic E-state index is 0.0666. The number of carbonyl (C=O) groups excluding carboxylic acids is 1. The van der Waals surface area contributed by atoms with Gasteiger partial charge in [0.05, 0.1) is 11.5 Å². The molecule has 0 saturated heterocycles. The van der Waals surface area contributed by atoms with Gasteiger partial charge in [0.25, 0.3) is 5.69 Å². The van der Waals surface area contributed by atoms with Crippen LogP contribution in [0.1, 0.15) is 17.3 Å². The molecule has 2 rings (SSSR count). The number of nitrogens with zero attached hydrogens (tertiary/aromatic N) is 1. The van der Waals surface area contributed by atoms with E-state index < -0.39 is 10.9 Å². The first-order valence-electron chi connectivity index (χ1n) is 4.89. The lowest BCUT2D eigenvalue weighted by atomic mass is 10.1. The topological polar surface area (TPSA) is 87.9 Å². The Balaban J connectivity index is 2.55. The van der Waals surface area contributed by atoms with Crippen LogP contribution in [-0.4, -0.2) is 24.3 Å². The number of nitro benzene ring substituents is 1. The normalized spacial score (nSPS) is 12.3. The van der Waals surface area contributed by atoms with Gasteiger partial charge in [-0.05, 0) is 13.0 Å². The molecule has 0 aromatic heterocycles. The van der Waals surface area contributed by atoms with Gasteiger partial charge in [-0.15, -0.1) is 0 Å². The van der Waals surface area contributed by atoms with Crippen LogP contribution in [0.3, 0.4) is 0 Å². The Bertz CT molecular complexity index is 484. The Morgan fingerprint density at radius 1 is 1.53 bits per heavy atom. The third kappa shape index (κ3) is 1.86. The quantitative estimate of drug-likeness (QED) is 0.451. The Hall–Kier alpha value is -2.31. The van der Waals surface area contributed by atoms with Crippen LogP contribution in [0.4, 0.5) is 5.69 Å². The van der Waals surface area contributed by atoms with Crippen LogP contribution in [0.2, 0.25) is 0 Å². The van der Waals surface area contributed by atoms with Gasteiger partial charge in [-0.25, -0.2) is 4.79 Å². The van der Waals surface area contributed by atoms with E-state index in [-0.39, 0.29) is 30.4 Å². The first kappa shape index (κ1) is 11.2. The molecule has 0 bridgehead atoms. The van der Waals surface area contributed by atoms with E-state index in [1.54, 1.807) is 6.92 Å². The fourth-order valence-electron chi connectivity index (χ4n) is 1.51. The predicted octanol–water partition coefficient (Wildman–Crippen LogP) is 1.50. The van der Waals surface area contributed by atoms with E-state index in [4.69, 9.17) is 14.2 Å². The number of carbonyl (C=O) groups is 1. The average Bonchev–Trinajstić information content (AvgIpc) is 2.75. The van der Waals surface area contributed by atoms with Crippen molar-refractivity contribution in [1.29, 1.82) is 0 Å². The van der Waals surface area contributed by atoms with Crippen molar-refractivity contribution in [3.8, 4) is 11.5 Å². The lowest BCUT2D eigenvalue weighted by molar-refractivity contribution is -0.385. The molecule has 0 atom stereocenters. The summed E-state index contributed by atoms with van der Waals surface area (Å²) in [7, 11) is 0. The number of nitro groups is 1. The van der Waals surface area contributed by atoms with Crippen LogP contribution in [-0.2, 0) is 4.74 Å². The zero-order valence-electron chi connectivity index (χ0n) is 8.97. The van der Waals surface area contributed by atoms with Crippen LogP contribution in [0.15, 0.2) is 12.1 Å². The molecule has 7 nitrogen and oxygen atoms in total. The highest BCUT2D eigenvalue weighted by Crippen LogP contribution is 2.40. The number of esters is 1. The molecule has 1 aromatic rings.